The molecule has 210 valence electrons. The normalized spacial score (nSPS) is 13.2. The first-order valence-corrected chi connectivity index (χ1v) is 14.8. The summed E-state index contributed by atoms with van der Waals surface area (Å²) in [6, 6.07) is 2.01. The molecule has 0 heterocycles. The molecule has 5 N–H and O–H groups in total. The van der Waals surface area contributed by atoms with Crippen LogP contribution in [0.4, 0.5) is 0 Å². The Morgan fingerprint density at radius 1 is 0.895 bits per heavy atom. The molecule has 1 aromatic carbocycles. The second-order valence-corrected chi connectivity index (χ2v) is 10.6. The fourth-order valence-electron chi connectivity index (χ4n) is 3.62. The minimum Gasteiger partial charge on any atom is -0.508 e. The zero-order valence-corrected chi connectivity index (χ0v) is 23.1. The van der Waals surface area contributed by atoms with E-state index in [-0.39, 0.29) is 24.2 Å². The van der Waals surface area contributed by atoms with Crippen LogP contribution in [0.1, 0.15) is 76.7 Å². The minimum absolute atomic E-state index is 0.0463. The lowest BCUT2D eigenvalue weighted by atomic mass is 10.1. The number of carboxylic acid groups (broad SMARTS) is 1. The Morgan fingerprint density at radius 3 is 1.97 bits per heavy atom. The summed E-state index contributed by atoms with van der Waals surface area (Å²) >= 11 is 0. The van der Waals surface area contributed by atoms with E-state index >= 15 is 0 Å². The van der Waals surface area contributed by atoms with E-state index < -0.39 is 30.8 Å². The van der Waals surface area contributed by atoms with E-state index in [1.54, 1.807) is 0 Å². The maximum Gasteiger partial charge on any atom is 0.356 e. The summed E-state index contributed by atoms with van der Waals surface area (Å²) in [5.74, 6) is -2.12. The summed E-state index contributed by atoms with van der Waals surface area (Å²) < 4.78 is 11.7. The first kappa shape index (κ1) is 33.1. The monoisotopic (exact) mass is 547 g/mol. The maximum atomic E-state index is 12.2. The number of nitrogens with one attached hydrogen (secondary N) is 1. The number of carboxylic acids is 1. The van der Waals surface area contributed by atoms with Crippen LogP contribution in [0.25, 0.3) is 0 Å². The Labute approximate surface area is 226 Å². The molecule has 0 radical (unpaired) electrons. The van der Waals surface area contributed by atoms with Crippen LogP contribution in [0, 0.1) is 0 Å². The molecule has 8 nitrogen and oxygen atoms in total. The van der Waals surface area contributed by atoms with Gasteiger partial charge in [0.25, 0.3) is 0 Å². The first-order chi connectivity index (χ1) is 18.1. The van der Waals surface area contributed by atoms with E-state index in [0.29, 0.717) is 12.8 Å². The Balaban J connectivity index is 2.31. The van der Waals surface area contributed by atoms with Crippen molar-refractivity contribution in [1.82, 2.24) is 5.32 Å². The van der Waals surface area contributed by atoms with Gasteiger partial charge < -0.3 is 25.3 Å². The lowest BCUT2D eigenvalue weighted by Gasteiger charge is -2.17. The second-order valence-electron chi connectivity index (χ2n) is 9.00. The molecule has 38 heavy (non-hydrogen) atoms. The molecule has 1 amide bonds. The number of amides is 1. The number of aromatic hydroxyl groups is 1. The zero-order valence-electron chi connectivity index (χ0n) is 22.2. The van der Waals surface area contributed by atoms with Gasteiger partial charge in [0.2, 0.25) is 5.91 Å². The molecule has 0 aliphatic heterocycles. The van der Waals surface area contributed by atoms with Crippen molar-refractivity contribution in [2.24, 2.45) is 0 Å². The summed E-state index contributed by atoms with van der Waals surface area (Å²) in [6.07, 6.45) is 25.6. The third kappa shape index (κ3) is 15.4. The van der Waals surface area contributed by atoms with E-state index in [4.69, 9.17) is 0 Å². The number of hydrogen-bond donors (Lipinski definition) is 5. The van der Waals surface area contributed by atoms with Crippen molar-refractivity contribution in [1.29, 1.82) is 0 Å². The predicted molar refractivity (Wildman–Crippen MR) is 151 cm³/mol. The largest absolute Gasteiger partial charge is 0.508 e. The van der Waals surface area contributed by atoms with E-state index in [0.717, 1.165) is 31.7 Å². The van der Waals surface area contributed by atoms with Crippen LogP contribution in [-0.4, -0.2) is 37.9 Å². The van der Waals surface area contributed by atoms with Gasteiger partial charge in [-0.2, -0.15) is 0 Å². The van der Waals surface area contributed by atoms with Crippen LogP contribution >= 0.6 is 7.60 Å². The van der Waals surface area contributed by atoms with Crippen LogP contribution in [0.5, 0.6) is 5.75 Å². The molecule has 0 saturated carbocycles. The van der Waals surface area contributed by atoms with Gasteiger partial charge in [-0.1, -0.05) is 74.4 Å². The van der Waals surface area contributed by atoms with Crippen molar-refractivity contribution < 1.29 is 34.2 Å². The number of aliphatic carboxylic acids is 1. The number of benzene rings is 1. The number of carbonyl (C=O) groups is 2. The van der Waals surface area contributed by atoms with Gasteiger partial charge in [-0.15, -0.1) is 0 Å². The topological polar surface area (TPSA) is 144 Å². The summed E-state index contributed by atoms with van der Waals surface area (Å²) in [5, 5.41) is 20.9. The van der Waals surface area contributed by atoms with E-state index in [2.05, 4.69) is 48.7 Å². The van der Waals surface area contributed by atoms with E-state index in [9.17, 15) is 34.2 Å². The molecule has 0 fully saturated rings. The quantitative estimate of drug-likeness (QED) is 0.0880. The molecule has 0 aromatic heterocycles. The summed E-state index contributed by atoms with van der Waals surface area (Å²) in [5.41, 5.74) is 0.0463. The Kier molecular flexibility index (Phi) is 16.7. The number of phenols is 1. The Hall–Kier alpha value is -2.93. The van der Waals surface area contributed by atoms with Gasteiger partial charge in [0, 0.05) is 12.8 Å². The molecule has 1 aromatic rings. The SMILES string of the molecule is CCCCCC=CCC=CCC=CCC=CCCCC(=O)N[C@@H](Cc1ccc(O)cc1P(=O)(O)O)C(=O)O. The average Bonchev–Trinajstić information content (AvgIpc) is 2.85. The van der Waals surface area contributed by atoms with Crippen molar-refractivity contribution in [3.05, 3.63) is 72.4 Å². The highest BCUT2D eigenvalue weighted by Crippen LogP contribution is 2.36. The van der Waals surface area contributed by atoms with Crippen LogP contribution < -0.4 is 10.6 Å². The molecule has 1 atom stereocenters. The molecule has 0 aliphatic rings. The first-order valence-electron chi connectivity index (χ1n) is 13.1. The Morgan fingerprint density at radius 2 is 1.45 bits per heavy atom. The van der Waals surface area contributed by atoms with Gasteiger partial charge in [0.15, 0.2) is 0 Å². The lowest BCUT2D eigenvalue weighted by molar-refractivity contribution is -0.141. The minimum atomic E-state index is -4.74. The Bertz CT molecular complexity index is 1020. The third-order valence-electron chi connectivity index (χ3n) is 5.67. The van der Waals surface area contributed by atoms with Crippen molar-refractivity contribution in [2.45, 2.75) is 83.6 Å². The van der Waals surface area contributed by atoms with Crippen molar-refractivity contribution in [3.63, 3.8) is 0 Å². The number of allylic oxidation sites excluding steroid dienone is 8. The van der Waals surface area contributed by atoms with Crippen molar-refractivity contribution in [3.8, 4) is 5.75 Å². The zero-order chi connectivity index (χ0) is 28.2. The van der Waals surface area contributed by atoms with Crippen LogP contribution in [-0.2, 0) is 20.6 Å². The highest BCUT2D eigenvalue weighted by atomic mass is 31.2. The molecule has 0 aliphatic carbocycles. The van der Waals surface area contributed by atoms with Gasteiger partial charge in [0.1, 0.15) is 11.8 Å². The highest BCUT2D eigenvalue weighted by Gasteiger charge is 2.27. The number of phenolic OH excluding ortho intramolecular Hbond substituents is 1. The number of unbranched alkanes of at least 4 members (excludes halogenated alkanes) is 4. The van der Waals surface area contributed by atoms with Gasteiger partial charge in [-0.3, -0.25) is 9.36 Å². The molecule has 0 unspecified atom stereocenters. The summed E-state index contributed by atoms with van der Waals surface area (Å²) in [6.45, 7) is 2.21. The van der Waals surface area contributed by atoms with Crippen LogP contribution in [0.2, 0.25) is 0 Å². The fourth-order valence-corrected chi connectivity index (χ4v) is 4.46. The lowest BCUT2D eigenvalue weighted by Crippen LogP contribution is -2.43. The smallest absolute Gasteiger partial charge is 0.356 e. The summed E-state index contributed by atoms with van der Waals surface area (Å²) in [7, 11) is -4.74. The molecular formula is C29H42NO7P. The predicted octanol–water partition coefficient (Wildman–Crippen LogP) is 5.45. The van der Waals surface area contributed by atoms with Gasteiger partial charge in [-0.25, -0.2) is 4.79 Å². The highest BCUT2D eigenvalue weighted by molar-refractivity contribution is 7.60. The van der Waals surface area contributed by atoms with Crippen LogP contribution in [0.15, 0.2) is 66.8 Å². The van der Waals surface area contributed by atoms with Gasteiger partial charge in [0.05, 0.1) is 5.30 Å². The van der Waals surface area contributed by atoms with Crippen LogP contribution in [0.3, 0.4) is 0 Å². The molecular weight excluding hydrogens is 505 g/mol. The van der Waals surface area contributed by atoms with Gasteiger partial charge in [-0.05, 0) is 62.6 Å². The average molecular weight is 548 g/mol. The number of hydrogen-bond acceptors (Lipinski definition) is 4. The third-order valence-corrected chi connectivity index (χ3v) is 6.72. The van der Waals surface area contributed by atoms with E-state index in [1.165, 1.54) is 31.4 Å². The molecule has 1 rings (SSSR count). The summed E-state index contributed by atoms with van der Waals surface area (Å²) in [4.78, 5) is 42.8. The van der Waals surface area contributed by atoms with Crippen molar-refractivity contribution >= 4 is 24.8 Å². The molecule has 0 spiro atoms. The van der Waals surface area contributed by atoms with Gasteiger partial charge >= 0.3 is 13.6 Å². The molecule has 0 saturated heterocycles. The second kappa shape index (κ2) is 19.2. The fraction of sp³-hybridized carbons (Fsp3) is 0.448. The number of rotatable bonds is 19. The maximum absolute atomic E-state index is 12.2. The standard InChI is InChI=1S/C29H42NO7P/c1-2-3-4-5-6-7-8-9-10-11-12-13-14-15-16-17-18-19-28(32)30-26(29(33)34)22-24-20-21-25(31)23-27(24)38(35,36)37/h6-7,9-10,12-13,15-16,20-21,23,26,31H,2-5,8,11,14,17-19,22H2,1H3,(H,30,32)(H,33,34)(H2,35,36,37)/t26-/m0/s1. The number of carbonyl (C=O) groups excluding carboxylic acids is 1. The molecule has 0 bridgehead atoms. The van der Waals surface area contributed by atoms with Crippen molar-refractivity contribution in [2.75, 3.05) is 0 Å². The van der Waals surface area contributed by atoms with E-state index in [1.807, 2.05) is 12.2 Å². The molecule has 9 heteroatoms.